The highest BCUT2D eigenvalue weighted by Gasteiger charge is 2.61. The minimum atomic E-state index is -0.685. The van der Waals surface area contributed by atoms with Crippen molar-refractivity contribution in [2.24, 2.45) is 16.7 Å². The van der Waals surface area contributed by atoms with Crippen LogP contribution >= 0.6 is 0 Å². The molecule has 1 aliphatic heterocycles. The monoisotopic (exact) mass is 485 g/mol. The fraction of sp³-hybridized carbons (Fsp3) is 0.714. The Balaban J connectivity index is 1.43. The van der Waals surface area contributed by atoms with Crippen LogP contribution in [0.4, 0.5) is 5.69 Å². The molecule has 2 aliphatic carbocycles. The molecule has 1 saturated heterocycles. The van der Waals surface area contributed by atoms with Crippen molar-refractivity contribution in [3.63, 3.8) is 0 Å². The highest BCUT2D eigenvalue weighted by molar-refractivity contribution is 5.77. The average molecular weight is 486 g/mol. The maximum absolute atomic E-state index is 13.4. The van der Waals surface area contributed by atoms with E-state index < -0.39 is 5.60 Å². The molecule has 7 heteroatoms. The number of carbonyl (C=O) groups is 2. The third-order valence-corrected chi connectivity index (χ3v) is 9.07. The zero-order valence-electron chi connectivity index (χ0n) is 22.1. The number of anilines is 1. The summed E-state index contributed by atoms with van der Waals surface area (Å²) in [6, 6.07) is 8.07. The number of nitrogens with zero attached hydrogens (tertiary/aromatic N) is 2. The maximum Gasteiger partial charge on any atom is 0.222 e. The van der Waals surface area contributed by atoms with E-state index in [4.69, 9.17) is 4.74 Å². The van der Waals surface area contributed by atoms with Gasteiger partial charge in [0.15, 0.2) is 0 Å². The van der Waals surface area contributed by atoms with Crippen LogP contribution in [0, 0.1) is 16.7 Å². The highest BCUT2D eigenvalue weighted by Crippen LogP contribution is 2.63. The van der Waals surface area contributed by atoms with Gasteiger partial charge in [-0.2, -0.15) is 0 Å². The van der Waals surface area contributed by atoms with Crippen molar-refractivity contribution >= 4 is 17.5 Å². The number of nitrogens with one attached hydrogen (secondary N) is 1. The summed E-state index contributed by atoms with van der Waals surface area (Å²) in [7, 11) is 1.69. The Morgan fingerprint density at radius 1 is 1.09 bits per heavy atom. The zero-order valence-corrected chi connectivity index (χ0v) is 22.1. The smallest absolute Gasteiger partial charge is 0.222 e. The molecule has 4 unspecified atom stereocenters. The summed E-state index contributed by atoms with van der Waals surface area (Å²) in [6.07, 6.45) is 4.41. The van der Waals surface area contributed by atoms with E-state index in [0.717, 1.165) is 50.2 Å². The fourth-order valence-electron chi connectivity index (χ4n) is 7.26. The second-order valence-electron chi connectivity index (χ2n) is 12.0. The number of para-hydroxylation sites is 2. The SMILES string of the molecule is COc1ccccc1N1CCN(C(=O)CCC23CCC(C)(O)CC2C(C)(C)CC3NC(C)=O)CC1. The summed E-state index contributed by atoms with van der Waals surface area (Å²) in [5, 5.41) is 14.1. The maximum atomic E-state index is 13.4. The van der Waals surface area contributed by atoms with E-state index in [0.29, 0.717) is 25.9 Å². The molecule has 3 fully saturated rings. The van der Waals surface area contributed by atoms with Crippen molar-refractivity contribution in [1.82, 2.24) is 10.2 Å². The van der Waals surface area contributed by atoms with Crippen LogP contribution < -0.4 is 15.0 Å². The summed E-state index contributed by atoms with van der Waals surface area (Å²) in [5.74, 6) is 1.31. The van der Waals surface area contributed by atoms with Crippen LogP contribution in [0.25, 0.3) is 0 Å². The van der Waals surface area contributed by atoms with Crippen molar-refractivity contribution in [3.05, 3.63) is 24.3 Å². The van der Waals surface area contributed by atoms with Crippen molar-refractivity contribution in [3.8, 4) is 5.75 Å². The number of rotatable bonds is 6. The molecule has 7 nitrogen and oxygen atoms in total. The van der Waals surface area contributed by atoms with Gasteiger partial charge in [0, 0.05) is 45.6 Å². The van der Waals surface area contributed by atoms with Crippen molar-refractivity contribution in [2.45, 2.75) is 77.9 Å². The lowest BCUT2D eigenvalue weighted by molar-refractivity contribution is -0.133. The van der Waals surface area contributed by atoms with Crippen LogP contribution in [0.15, 0.2) is 24.3 Å². The molecule has 0 spiro atoms. The Hall–Kier alpha value is -2.28. The standard InChI is InChI=1S/C28H43N3O4/c1-20(32)29-24-19-26(2,3)23-18-27(4,34)12-13-28(23,24)11-10-25(33)31-16-14-30(15-17-31)21-8-6-7-9-22(21)35-5/h6-9,23-24,34H,10-19H2,1-5H3,(H,29,32). The average Bonchev–Trinajstić information content (AvgIpc) is 3.02. The van der Waals surface area contributed by atoms with E-state index in [-0.39, 0.29) is 34.6 Å². The normalized spacial score (nSPS) is 32.2. The number of aliphatic hydroxyl groups is 1. The summed E-state index contributed by atoms with van der Waals surface area (Å²) in [4.78, 5) is 29.7. The number of hydrogen-bond donors (Lipinski definition) is 2. The lowest BCUT2D eigenvalue weighted by atomic mass is 9.57. The third kappa shape index (κ3) is 5.16. The lowest BCUT2D eigenvalue weighted by Crippen LogP contribution is -2.53. The molecule has 1 aromatic rings. The molecule has 0 bridgehead atoms. The number of benzene rings is 1. The molecule has 0 aromatic heterocycles. The topological polar surface area (TPSA) is 82.1 Å². The zero-order chi connectivity index (χ0) is 25.4. The second kappa shape index (κ2) is 9.64. The molecule has 2 saturated carbocycles. The van der Waals surface area contributed by atoms with Gasteiger partial charge in [0.2, 0.25) is 11.8 Å². The van der Waals surface area contributed by atoms with E-state index in [1.165, 1.54) is 0 Å². The second-order valence-corrected chi connectivity index (χ2v) is 12.0. The molecular weight excluding hydrogens is 442 g/mol. The number of fused-ring (bicyclic) bond motifs is 1. The van der Waals surface area contributed by atoms with E-state index >= 15 is 0 Å². The van der Waals surface area contributed by atoms with Gasteiger partial charge < -0.3 is 25.0 Å². The van der Waals surface area contributed by atoms with E-state index in [2.05, 4.69) is 30.1 Å². The molecule has 35 heavy (non-hydrogen) atoms. The molecule has 2 N–H and O–H groups in total. The Labute approximate surface area is 210 Å². The molecule has 3 aliphatic rings. The number of piperazine rings is 1. The van der Waals surface area contributed by atoms with Gasteiger partial charge in [0.25, 0.3) is 0 Å². The van der Waals surface area contributed by atoms with Gasteiger partial charge in [-0.15, -0.1) is 0 Å². The molecule has 1 aromatic carbocycles. The largest absolute Gasteiger partial charge is 0.495 e. The molecule has 2 amide bonds. The van der Waals surface area contributed by atoms with Crippen molar-refractivity contribution in [2.75, 3.05) is 38.2 Å². The van der Waals surface area contributed by atoms with Gasteiger partial charge in [0.05, 0.1) is 18.4 Å². The Morgan fingerprint density at radius 3 is 2.43 bits per heavy atom. The molecular formula is C28H43N3O4. The van der Waals surface area contributed by atoms with Gasteiger partial charge in [-0.3, -0.25) is 9.59 Å². The minimum Gasteiger partial charge on any atom is -0.495 e. The predicted molar refractivity (Wildman–Crippen MR) is 137 cm³/mol. The molecule has 0 radical (unpaired) electrons. The summed E-state index contributed by atoms with van der Waals surface area (Å²) in [5.41, 5.74) is 0.243. The molecule has 194 valence electrons. The first-order chi connectivity index (χ1) is 16.5. The van der Waals surface area contributed by atoms with E-state index in [1.807, 2.05) is 30.0 Å². The number of carbonyl (C=O) groups excluding carboxylic acids is 2. The third-order valence-electron chi connectivity index (χ3n) is 9.07. The molecule has 1 heterocycles. The number of amides is 2. The van der Waals surface area contributed by atoms with Crippen LogP contribution in [0.2, 0.25) is 0 Å². The molecule has 4 rings (SSSR count). The Kier molecular flexibility index (Phi) is 7.11. The predicted octanol–water partition coefficient (Wildman–Crippen LogP) is 3.60. The Morgan fingerprint density at radius 2 is 1.77 bits per heavy atom. The number of ether oxygens (including phenoxy) is 1. The first kappa shape index (κ1) is 25.8. The summed E-state index contributed by atoms with van der Waals surface area (Å²) in [6.45, 7) is 11.0. The fourth-order valence-corrected chi connectivity index (χ4v) is 7.26. The highest BCUT2D eigenvalue weighted by atomic mass is 16.5. The number of hydrogen-bond acceptors (Lipinski definition) is 5. The summed E-state index contributed by atoms with van der Waals surface area (Å²) >= 11 is 0. The van der Waals surface area contributed by atoms with E-state index in [9.17, 15) is 14.7 Å². The number of methoxy groups -OCH3 is 1. The first-order valence-electron chi connectivity index (χ1n) is 13.1. The molecule has 4 atom stereocenters. The summed E-state index contributed by atoms with van der Waals surface area (Å²) < 4.78 is 5.52. The van der Waals surface area contributed by atoms with Gasteiger partial charge in [-0.1, -0.05) is 26.0 Å². The van der Waals surface area contributed by atoms with E-state index in [1.54, 1.807) is 14.0 Å². The van der Waals surface area contributed by atoms with Crippen molar-refractivity contribution < 1.29 is 19.4 Å². The quantitative estimate of drug-likeness (QED) is 0.644. The Bertz CT molecular complexity index is 938. The van der Waals surface area contributed by atoms with Gasteiger partial charge in [0.1, 0.15) is 5.75 Å². The van der Waals surface area contributed by atoms with Crippen LogP contribution in [0.3, 0.4) is 0 Å². The van der Waals surface area contributed by atoms with Gasteiger partial charge in [-0.25, -0.2) is 0 Å². The minimum absolute atomic E-state index is 0.000932. The van der Waals surface area contributed by atoms with Crippen molar-refractivity contribution in [1.29, 1.82) is 0 Å². The van der Waals surface area contributed by atoms with Gasteiger partial charge >= 0.3 is 0 Å². The van der Waals surface area contributed by atoms with Gasteiger partial charge in [-0.05, 0) is 67.9 Å². The van der Waals surface area contributed by atoms with Crippen LogP contribution in [-0.4, -0.2) is 66.8 Å². The van der Waals surface area contributed by atoms with Crippen LogP contribution in [-0.2, 0) is 9.59 Å². The lowest BCUT2D eigenvalue weighted by Gasteiger charge is -2.51. The van der Waals surface area contributed by atoms with Crippen LogP contribution in [0.1, 0.15) is 66.2 Å². The van der Waals surface area contributed by atoms with Crippen LogP contribution in [0.5, 0.6) is 5.75 Å². The first-order valence-corrected chi connectivity index (χ1v) is 13.1.